The van der Waals surface area contributed by atoms with Crippen LogP contribution in [0.3, 0.4) is 0 Å². The van der Waals surface area contributed by atoms with Crippen molar-refractivity contribution in [3.63, 3.8) is 0 Å². The van der Waals surface area contributed by atoms with Gasteiger partial charge in [0.15, 0.2) is 17.2 Å². The summed E-state index contributed by atoms with van der Waals surface area (Å²) < 4.78 is 22.2. The fraction of sp³-hybridized carbons (Fsp3) is 0.583. The zero-order chi connectivity index (χ0) is 23.3. The number of benzene rings is 1. The monoisotopic (exact) mass is 471 g/mol. The van der Waals surface area contributed by atoms with Crippen LogP contribution in [0.15, 0.2) is 28.9 Å². The Labute approximate surface area is 200 Å². The first-order chi connectivity index (χ1) is 16.6. The topological polar surface area (TPSA) is 83.8 Å². The number of morpholine rings is 1. The lowest BCUT2D eigenvalue weighted by molar-refractivity contribution is 0.0320. The second-order valence-electron chi connectivity index (χ2n) is 9.07. The van der Waals surface area contributed by atoms with Crippen LogP contribution in [0.4, 0.5) is 0 Å². The van der Waals surface area contributed by atoms with Crippen molar-refractivity contribution in [2.24, 2.45) is 0 Å². The molecule has 0 N–H and O–H groups in total. The Morgan fingerprint density at radius 1 is 1.03 bits per heavy atom. The van der Waals surface area contributed by atoms with E-state index >= 15 is 0 Å². The van der Waals surface area contributed by atoms with E-state index in [-0.39, 0.29) is 12.7 Å². The van der Waals surface area contributed by atoms with Crippen molar-refractivity contribution < 1.29 is 23.4 Å². The molecule has 1 amide bonds. The molecule has 2 fully saturated rings. The molecule has 1 aromatic carbocycles. The number of rotatable bonds is 8. The molecule has 3 aliphatic heterocycles. The summed E-state index contributed by atoms with van der Waals surface area (Å²) in [5, 5.41) is 0. The molecule has 2 saturated heterocycles. The minimum Gasteiger partial charge on any atom is -0.454 e. The zero-order valence-corrected chi connectivity index (χ0v) is 19.8. The van der Waals surface area contributed by atoms with E-state index in [1.165, 1.54) is 6.26 Å². The summed E-state index contributed by atoms with van der Waals surface area (Å²) in [7, 11) is 2.07. The molecule has 3 aliphatic rings. The predicted octanol–water partition coefficient (Wildman–Crippen LogP) is 1.13. The molecule has 0 saturated carbocycles. The average Bonchev–Trinajstić information content (AvgIpc) is 3.52. The van der Waals surface area contributed by atoms with Crippen LogP contribution in [0.2, 0.25) is 0 Å². The van der Waals surface area contributed by atoms with Gasteiger partial charge in [0.1, 0.15) is 6.26 Å². The quantitative estimate of drug-likeness (QED) is 0.562. The lowest BCUT2D eigenvalue weighted by Crippen LogP contribution is -2.47. The van der Waals surface area contributed by atoms with E-state index in [1.54, 1.807) is 0 Å². The molecule has 10 nitrogen and oxygen atoms in total. The number of hydrogen-bond acceptors (Lipinski definition) is 9. The lowest BCUT2D eigenvalue weighted by atomic mass is 10.2. The van der Waals surface area contributed by atoms with Gasteiger partial charge in [0.25, 0.3) is 5.91 Å². The maximum atomic E-state index is 12.9. The number of carbonyl (C=O) groups excluding carboxylic acids is 1. The smallest absolute Gasteiger partial charge is 0.275 e. The van der Waals surface area contributed by atoms with Crippen LogP contribution in [0.25, 0.3) is 0 Å². The Bertz CT molecular complexity index is 968. The number of piperazine rings is 1. The third kappa shape index (κ3) is 5.69. The summed E-state index contributed by atoms with van der Waals surface area (Å²) in [4.78, 5) is 26.2. The van der Waals surface area contributed by atoms with Crippen molar-refractivity contribution >= 4 is 5.91 Å². The van der Waals surface area contributed by atoms with Gasteiger partial charge in [-0.3, -0.25) is 14.6 Å². The first kappa shape index (κ1) is 23.1. The van der Waals surface area contributed by atoms with Crippen molar-refractivity contribution in [1.29, 1.82) is 0 Å². The van der Waals surface area contributed by atoms with Gasteiger partial charge >= 0.3 is 0 Å². The molecule has 4 heterocycles. The third-order valence-electron chi connectivity index (χ3n) is 6.60. The highest BCUT2D eigenvalue weighted by Crippen LogP contribution is 2.33. The number of hydrogen-bond donors (Lipinski definition) is 0. The molecule has 5 rings (SSSR count). The molecule has 34 heavy (non-hydrogen) atoms. The number of nitrogens with zero attached hydrogens (tertiary/aromatic N) is 5. The first-order valence-electron chi connectivity index (χ1n) is 12.0. The van der Waals surface area contributed by atoms with Gasteiger partial charge in [0.2, 0.25) is 12.7 Å². The predicted molar refractivity (Wildman–Crippen MR) is 124 cm³/mol. The number of aromatic nitrogens is 1. The van der Waals surface area contributed by atoms with Gasteiger partial charge in [0, 0.05) is 58.9 Å². The van der Waals surface area contributed by atoms with Crippen molar-refractivity contribution in [1.82, 2.24) is 24.6 Å². The van der Waals surface area contributed by atoms with Crippen LogP contribution in [-0.2, 0) is 17.8 Å². The zero-order valence-electron chi connectivity index (χ0n) is 19.8. The van der Waals surface area contributed by atoms with Gasteiger partial charge in [-0.2, -0.15) is 0 Å². The average molecular weight is 472 g/mol. The van der Waals surface area contributed by atoms with Gasteiger partial charge in [0.05, 0.1) is 19.8 Å². The van der Waals surface area contributed by atoms with E-state index in [9.17, 15) is 4.79 Å². The van der Waals surface area contributed by atoms with Gasteiger partial charge < -0.3 is 28.4 Å². The number of oxazole rings is 1. The molecule has 1 aromatic heterocycles. The van der Waals surface area contributed by atoms with Crippen molar-refractivity contribution in [2.75, 3.05) is 79.4 Å². The van der Waals surface area contributed by atoms with Crippen LogP contribution >= 0.6 is 0 Å². The highest BCUT2D eigenvalue weighted by atomic mass is 16.7. The number of fused-ring (bicyclic) bond motifs is 1. The van der Waals surface area contributed by atoms with Crippen LogP contribution in [0.1, 0.15) is 21.9 Å². The lowest BCUT2D eigenvalue weighted by Gasteiger charge is -2.31. The summed E-state index contributed by atoms with van der Waals surface area (Å²) in [5.74, 6) is 2.06. The van der Waals surface area contributed by atoms with Crippen LogP contribution in [0.5, 0.6) is 11.5 Å². The van der Waals surface area contributed by atoms with Crippen molar-refractivity contribution in [2.45, 2.75) is 13.1 Å². The summed E-state index contributed by atoms with van der Waals surface area (Å²) in [6.45, 7) is 9.91. The minimum absolute atomic E-state index is 0.0567. The molecule has 0 radical (unpaired) electrons. The van der Waals surface area contributed by atoms with Gasteiger partial charge in [-0.25, -0.2) is 4.98 Å². The molecule has 0 bridgehead atoms. The number of carbonyl (C=O) groups is 1. The second-order valence-corrected chi connectivity index (χ2v) is 9.07. The van der Waals surface area contributed by atoms with Crippen molar-refractivity contribution in [3.8, 4) is 11.5 Å². The molecule has 2 aromatic rings. The van der Waals surface area contributed by atoms with E-state index in [0.29, 0.717) is 37.8 Å². The SMILES string of the molecule is CN1CCN(C(=O)c2coc(CN(CCN3CCOCC3)Cc3ccc4c(c3)OCO4)n2)CC1. The summed E-state index contributed by atoms with van der Waals surface area (Å²) >= 11 is 0. The summed E-state index contributed by atoms with van der Waals surface area (Å²) in [5.41, 5.74) is 1.52. The number of amides is 1. The highest BCUT2D eigenvalue weighted by molar-refractivity contribution is 5.92. The maximum Gasteiger partial charge on any atom is 0.275 e. The van der Waals surface area contributed by atoms with E-state index < -0.39 is 0 Å². The second kappa shape index (κ2) is 10.7. The summed E-state index contributed by atoms with van der Waals surface area (Å²) in [6.07, 6.45) is 1.50. The van der Waals surface area contributed by atoms with Crippen molar-refractivity contribution in [3.05, 3.63) is 41.6 Å². The Kier molecular flexibility index (Phi) is 7.29. The minimum atomic E-state index is -0.0567. The molecule has 0 atom stereocenters. The number of likely N-dealkylation sites (N-methyl/N-ethyl adjacent to an activating group) is 1. The van der Waals surface area contributed by atoms with E-state index in [1.807, 2.05) is 17.0 Å². The summed E-state index contributed by atoms with van der Waals surface area (Å²) in [6, 6.07) is 6.05. The van der Waals surface area contributed by atoms with Gasteiger partial charge in [-0.15, -0.1) is 0 Å². The third-order valence-corrected chi connectivity index (χ3v) is 6.60. The number of ether oxygens (including phenoxy) is 3. The standard InChI is InChI=1S/C24H33N5O5/c1-26-4-8-29(9-5-26)24(30)20-17-32-23(25-20)16-28(7-6-27-10-12-31-13-11-27)15-19-2-3-21-22(14-19)34-18-33-21/h2-3,14,17H,4-13,15-16,18H2,1H3. The molecule has 10 heteroatoms. The Balaban J connectivity index is 1.24. The molecule has 0 spiro atoms. The normalized spacial score (nSPS) is 19.2. The van der Waals surface area contributed by atoms with E-state index in [2.05, 4.69) is 32.8 Å². The highest BCUT2D eigenvalue weighted by Gasteiger charge is 2.24. The molecular weight excluding hydrogens is 438 g/mol. The van der Waals surface area contributed by atoms with Gasteiger partial charge in [-0.05, 0) is 24.7 Å². The fourth-order valence-electron chi connectivity index (χ4n) is 4.46. The first-order valence-corrected chi connectivity index (χ1v) is 12.0. The molecule has 0 unspecified atom stereocenters. The molecular formula is C24H33N5O5. The van der Waals surface area contributed by atoms with Crippen LogP contribution < -0.4 is 9.47 Å². The Morgan fingerprint density at radius 2 is 1.82 bits per heavy atom. The van der Waals surface area contributed by atoms with Crippen LogP contribution in [-0.4, -0.2) is 110 Å². The van der Waals surface area contributed by atoms with Crippen LogP contribution in [0, 0.1) is 0 Å². The Morgan fingerprint density at radius 3 is 2.65 bits per heavy atom. The van der Waals surface area contributed by atoms with Gasteiger partial charge in [-0.1, -0.05) is 6.07 Å². The Hall–Kier alpha value is -2.66. The van der Waals surface area contributed by atoms with E-state index in [4.69, 9.17) is 18.6 Å². The fourth-order valence-corrected chi connectivity index (χ4v) is 4.46. The molecule has 184 valence electrons. The molecule has 0 aliphatic carbocycles. The largest absolute Gasteiger partial charge is 0.454 e. The van der Waals surface area contributed by atoms with E-state index in [0.717, 1.165) is 69.5 Å². The maximum absolute atomic E-state index is 12.9.